The smallest absolute Gasteiger partial charge is 0.155 e. The summed E-state index contributed by atoms with van der Waals surface area (Å²) < 4.78 is 0. The maximum atomic E-state index is 11.9. The first-order valence-electron chi connectivity index (χ1n) is 9.90. The van der Waals surface area contributed by atoms with Crippen molar-refractivity contribution in [3.05, 3.63) is 11.6 Å². The Morgan fingerprint density at radius 2 is 2.08 bits per heavy atom. The molecule has 0 aliphatic heterocycles. The first-order valence-corrected chi connectivity index (χ1v) is 9.90. The van der Waals surface area contributed by atoms with E-state index in [4.69, 9.17) is 6.42 Å². The van der Waals surface area contributed by atoms with Gasteiger partial charge in [0.15, 0.2) is 5.78 Å². The second-order valence-corrected chi connectivity index (χ2v) is 8.92. The van der Waals surface area contributed by atoms with E-state index in [1.54, 1.807) is 0 Å². The maximum absolute atomic E-state index is 11.9. The summed E-state index contributed by atoms with van der Waals surface area (Å²) in [6.45, 7) is 4.52. The van der Waals surface area contributed by atoms with Gasteiger partial charge in [-0.05, 0) is 80.6 Å². The molecule has 0 aromatic rings. The molecule has 0 amide bonds. The van der Waals surface area contributed by atoms with Crippen molar-refractivity contribution >= 4 is 5.78 Å². The summed E-state index contributed by atoms with van der Waals surface area (Å²) in [5, 5.41) is 11.2. The molecule has 0 heterocycles. The van der Waals surface area contributed by atoms with Gasteiger partial charge in [0, 0.05) is 11.8 Å². The van der Waals surface area contributed by atoms with Crippen molar-refractivity contribution in [1.82, 2.24) is 0 Å². The lowest BCUT2D eigenvalue weighted by atomic mass is 9.48. The van der Waals surface area contributed by atoms with Gasteiger partial charge in [-0.3, -0.25) is 4.79 Å². The Kier molecular flexibility index (Phi) is 3.73. The predicted octanol–water partition coefficient (Wildman–Crippen LogP) is 4.13. The molecular weight excluding hydrogens is 296 g/mol. The number of ketones is 1. The van der Waals surface area contributed by atoms with Gasteiger partial charge < -0.3 is 5.11 Å². The Labute approximate surface area is 146 Å². The highest BCUT2D eigenvalue weighted by Gasteiger charge is 2.63. The second kappa shape index (κ2) is 5.46. The molecule has 0 saturated heterocycles. The third kappa shape index (κ3) is 1.97. The van der Waals surface area contributed by atoms with Crippen LogP contribution in [0.1, 0.15) is 65.2 Å². The Morgan fingerprint density at radius 3 is 2.79 bits per heavy atom. The van der Waals surface area contributed by atoms with Crippen LogP contribution in [0.2, 0.25) is 0 Å². The van der Waals surface area contributed by atoms with Crippen molar-refractivity contribution in [2.75, 3.05) is 0 Å². The topological polar surface area (TPSA) is 37.3 Å². The maximum Gasteiger partial charge on any atom is 0.155 e. The minimum atomic E-state index is -0.904. The standard InChI is InChI=1S/C22H30O2/c1-4-21-10-8-17-16-7-6-15(23)13-18(16)14(3)12-19(17)20(21)9-11-22(21,24)5-2/h2,13-14,16-17,19-20,24H,4,6-12H2,1,3H3/t14-,16+,17+,19+,20-,21?,22-/m0/s1. The first kappa shape index (κ1) is 16.4. The molecule has 0 bridgehead atoms. The molecule has 1 unspecified atom stereocenters. The molecule has 2 nitrogen and oxygen atoms in total. The van der Waals surface area contributed by atoms with Crippen molar-refractivity contribution in [2.45, 2.75) is 70.8 Å². The van der Waals surface area contributed by atoms with Crippen LogP contribution in [-0.2, 0) is 4.79 Å². The Morgan fingerprint density at radius 1 is 1.29 bits per heavy atom. The fourth-order valence-corrected chi connectivity index (χ4v) is 7.28. The molecule has 4 aliphatic rings. The molecule has 3 saturated carbocycles. The van der Waals surface area contributed by atoms with Crippen LogP contribution in [0.15, 0.2) is 11.6 Å². The van der Waals surface area contributed by atoms with Gasteiger partial charge in [-0.25, -0.2) is 0 Å². The van der Waals surface area contributed by atoms with Crippen LogP contribution in [-0.4, -0.2) is 16.5 Å². The van der Waals surface area contributed by atoms with Crippen LogP contribution < -0.4 is 0 Å². The number of allylic oxidation sites excluding steroid dienone is 1. The fourth-order valence-electron chi connectivity index (χ4n) is 7.28. The number of carbonyl (C=O) groups is 1. The molecule has 4 aliphatic carbocycles. The van der Waals surface area contributed by atoms with Crippen LogP contribution >= 0.6 is 0 Å². The summed E-state index contributed by atoms with van der Waals surface area (Å²) in [7, 11) is 0. The molecule has 0 spiro atoms. The zero-order chi connectivity index (χ0) is 17.1. The monoisotopic (exact) mass is 326 g/mol. The summed E-state index contributed by atoms with van der Waals surface area (Å²) in [6.07, 6.45) is 15.8. The predicted molar refractivity (Wildman–Crippen MR) is 95.0 cm³/mol. The van der Waals surface area contributed by atoms with Gasteiger partial charge in [0.1, 0.15) is 5.60 Å². The van der Waals surface area contributed by atoms with E-state index in [1.165, 1.54) is 18.4 Å². The molecule has 130 valence electrons. The van der Waals surface area contributed by atoms with Crippen LogP contribution in [0.4, 0.5) is 0 Å². The largest absolute Gasteiger partial charge is 0.377 e. The van der Waals surface area contributed by atoms with Gasteiger partial charge >= 0.3 is 0 Å². The molecule has 3 fully saturated rings. The summed E-state index contributed by atoms with van der Waals surface area (Å²) in [5.74, 6) is 6.17. The van der Waals surface area contributed by atoms with Crippen LogP contribution in [0.25, 0.3) is 0 Å². The Hall–Kier alpha value is -1.07. The highest BCUT2D eigenvalue weighted by atomic mass is 16.3. The Bertz CT molecular complexity index is 626. The lowest BCUT2D eigenvalue weighted by molar-refractivity contribution is -0.118. The van der Waals surface area contributed by atoms with Crippen LogP contribution in [0, 0.1) is 47.3 Å². The molecule has 0 aromatic carbocycles. The average Bonchev–Trinajstić information content (AvgIpc) is 2.89. The Balaban J connectivity index is 1.71. The van der Waals surface area contributed by atoms with E-state index in [9.17, 15) is 9.90 Å². The van der Waals surface area contributed by atoms with E-state index in [0.717, 1.165) is 38.5 Å². The van der Waals surface area contributed by atoms with Crippen LogP contribution in [0.5, 0.6) is 0 Å². The van der Waals surface area contributed by atoms with E-state index in [0.29, 0.717) is 35.4 Å². The van der Waals surface area contributed by atoms with E-state index in [1.807, 2.05) is 6.08 Å². The van der Waals surface area contributed by atoms with E-state index >= 15 is 0 Å². The fraction of sp³-hybridized carbons (Fsp3) is 0.773. The number of hydrogen-bond donors (Lipinski definition) is 1. The van der Waals surface area contributed by atoms with E-state index < -0.39 is 5.60 Å². The van der Waals surface area contributed by atoms with E-state index in [-0.39, 0.29) is 5.41 Å². The number of aliphatic hydroxyl groups is 1. The zero-order valence-corrected chi connectivity index (χ0v) is 15.1. The third-order valence-electron chi connectivity index (χ3n) is 8.38. The van der Waals surface area contributed by atoms with Crippen molar-refractivity contribution in [1.29, 1.82) is 0 Å². The lowest BCUT2D eigenvalue weighted by Crippen LogP contribution is -2.54. The van der Waals surface area contributed by atoms with Gasteiger partial charge in [0.25, 0.3) is 0 Å². The molecule has 4 rings (SSSR count). The number of terminal acetylenes is 1. The molecule has 0 radical (unpaired) electrons. The first-order chi connectivity index (χ1) is 11.5. The average molecular weight is 326 g/mol. The summed E-state index contributed by atoms with van der Waals surface area (Å²) >= 11 is 0. The van der Waals surface area contributed by atoms with Crippen molar-refractivity contribution in [2.24, 2.45) is 35.0 Å². The van der Waals surface area contributed by atoms with Crippen LogP contribution in [0.3, 0.4) is 0 Å². The van der Waals surface area contributed by atoms with Gasteiger partial charge in [-0.2, -0.15) is 0 Å². The minimum absolute atomic E-state index is 0.0751. The highest BCUT2D eigenvalue weighted by molar-refractivity contribution is 5.91. The summed E-state index contributed by atoms with van der Waals surface area (Å²) in [4.78, 5) is 11.9. The van der Waals surface area contributed by atoms with Gasteiger partial charge in [0.05, 0.1) is 0 Å². The van der Waals surface area contributed by atoms with Gasteiger partial charge in [-0.1, -0.05) is 25.3 Å². The molecule has 1 N–H and O–H groups in total. The quantitative estimate of drug-likeness (QED) is 0.736. The molecular formula is C22H30O2. The normalized spacial score (nSPS) is 50.3. The SMILES string of the molecule is C#C[C@]1(O)CC[C@H]2[C@@H]3C[C@H](C)C4=CC(=O)CC[C@@H]4[C@H]3CCC21CC. The number of fused-ring (bicyclic) bond motifs is 5. The van der Waals surface area contributed by atoms with Crippen molar-refractivity contribution in [3.63, 3.8) is 0 Å². The van der Waals surface area contributed by atoms with Gasteiger partial charge in [-0.15, -0.1) is 6.42 Å². The van der Waals surface area contributed by atoms with Crippen molar-refractivity contribution < 1.29 is 9.90 Å². The van der Waals surface area contributed by atoms with Crippen molar-refractivity contribution in [3.8, 4) is 12.3 Å². The molecule has 0 aromatic heterocycles. The third-order valence-corrected chi connectivity index (χ3v) is 8.38. The number of rotatable bonds is 1. The second-order valence-electron chi connectivity index (χ2n) is 8.92. The minimum Gasteiger partial charge on any atom is -0.377 e. The van der Waals surface area contributed by atoms with Gasteiger partial charge in [0.2, 0.25) is 0 Å². The zero-order valence-electron chi connectivity index (χ0n) is 15.1. The lowest BCUT2D eigenvalue weighted by Gasteiger charge is -2.57. The summed E-state index contributed by atoms with van der Waals surface area (Å²) in [5.41, 5.74) is 0.454. The molecule has 24 heavy (non-hydrogen) atoms. The number of hydrogen-bond acceptors (Lipinski definition) is 2. The number of carbonyl (C=O) groups excluding carboxylic acids is 1. The molecule has 7 atom stereocenters. The molecule has 2 heteroatoms. The van der Waals surface area contributed by atoms with E-state index in [2.05, 4.69) is 19.8 Å². The highest BCUT2D eigenvalue weighted by Crippen LogP contribution is 2.66. The summed E-state index contributed by atoms with van der Waals surface area (Å²) in [6, 6.07) is 0.